The second-order valence-electron chi connectivity index (χ2n) is 3.12. The number of nitrogen functional groups attached to an aromatic ring is 1. The second-order valence-corrected chi connectivity index (χ2v) is 3.12. The Hall–Kier alpha value is -2.44. The van der Waals surface area contributed by atoms with Crippen molar-refractivity contribution in [2.45, 2.75) is 6.92 Å². The minimum Gasteiger partial charge on any atom is -0.386 e. The van der Waals surface area contributed by atoms with E-state index in [1.54, 1.807) is 19.1 Å². The molecule has 0 atom stereocenters. The minimum atomic E-state index is -0.0741. The third-order valence-corrected chi connectivity index (χ3v) is 1.78. The molecule has 16 heavy (non-hydrogen) atoms. The maximum atomic E-state index is 7.25. The van der Waals surface area contributed by atoms with Gasteiger partial charge in [-0.25, -0.2) is 5.53 Å². The van der Waals surface area contributed by atoms with Crippen molar-refractivity contribution in [3.05, 3.63) is 23.8 Å². The Morgan fingerprint density at radius 3 is 2.56 bits per heavy atom. The number of anilines is 1. The Bertz CT molecular complexity index is 445. The standard InChI is InChI=1S/C9H13N7/c1-5(10)15-16-7-3-2-6(9(11)12)4-8(7)14-13/h2-4,13,16H,1H3,(H2,10,15)(H3,11,12). The molecular weight excluding hydrogens is 206 g/mol. The van der Waals surface area contributed by atoms with Crippen LogP contribution in [0.15, 0.2) is 28.4 Å². The van der Waals surface area contributed by atoms with Gasteiger partial charge in [-0.1, -0.05) is 0 Å². The van der Waals surface area contributed by atoms with E-state index in [-0.39, 0.29) is 5.84 Å². The number of nitrogens with one attached hydrogen (secondary N) is 3. The number of amidine groups is 2. The normalized spacial score (nSPS) is 10.9. The molecule has 1 aromatic rings. The molecule has 0 heterocycles. The van der Waals surface area contributed by atoms with Gasteiger partial charge < -0.3 is 11.5 Å². The van der Waals surface area contributed by atoms with E-state index in [2.05, 4.69) is 15.6 Å². The smallest absolute Gasteiger partial charge is 0.122 e. The van der Waals surface area contributed by atoms with E-state index < -0.39 is 0 Å². The Kier molecular flexibility index (Phi) is 3.54. The number of rotatable bonds is 4. The Morgan fingerprint density at radius 2 is 2.06 bits per heavy atom. The van der Waals surface area contributed by atoms with Crippen LogP contribution in [0.2, 0.25) is 0 Å². The molecule has 0 aliphatic carbocycles. The first-order valence-corrected chi connectivity index (χ1v) is 4.46. The summed E-state index contributed by atoms with van der Waals surface area (Å²) in [7, 11) is 0. The topological polar surface area (TPSA) is 136 Å². The molecular formula is C9H13N7. The zero-order chi connectivity index (χ0) is 12.1. The van der Waals surface area contributed by atoms with Gasteiger partial charge in [-0.2, -0.15) is 10.2 Å². The summed E-state index contributed by atoms with van der Waals surface area (Å²) in [5.74, 6) is 0.293. The van der Waals surface area contributed by atoms with Crippen LogP contribution >= 0.6 is 0 Å². The molecule has 1 aromatic carbocycles. The van der Waals surface area contributed by atoms with Crippen LogP contribution in [0.1, 0.15) is 12.5 Å². The summed E-state index contributed by atoms with van der Waals surface area (Å²) in [6, 6.07) is 4.80. The second kappa shape index (κ2) is 4.87. The van der Waals surface area contributed by atoms with Gasteiger partial charge in [0.05, 0.1) is 5.69 Å². The van der Waals surface area contributed by atoms with Gasteiger partial charge in [0.2, 0.25) is 0 Å². The predicted octanol–water partition coefficient (Wildman–Crippen LogP) is 1.34. The van der Waals surface area contributed by atoms with E-state index in [0.29, 0.717) is 22.8 Å². The fourth-order valence-electron chi connectivity index (χ4n) is 1.03. The van der Waals surface area contributed by atoms with Crippen LogP contribution in [0.25, 0.3) is 0 Å². The fourth-order valence-corrected chi connectivity index (χ4v) is 1.03. The summed E-state index contributed by atoms with van der Waals surface area (Å²) in [6.07, 6.45) is 0. The number of nitrogens with zero attached hydrogens (tertiary/aromatic N) is 2. The quantitative estimate of drug-likeness (QED) is 0.226. The Balaban J connectivity index is 3.07. The molecule has 0 aliphatic rings. The molecule has 7 nitrogen and oxygen atoms in total. The molecule has 0 saturated heterocycles. The first kappa shape index (κ1) is 11.6. The van der Waals surface area contributed by atoms with E-state index in [1.807, 2.05) is 0 Å². The highest BCUT2D eigenvalue weighted by Crippen LogP contribution is 2.25. The van der Waals surface area contributed by atoms with Crippen LogP contribution in [0.4, 0.5) is 11.4 Å². The predicted molar refractivity (Wildman–Crippen MR) is 63.2 cm³/mol. The number of hydrogen-bond donors (Lipinski definition) is 5. The van der Waals surface area contributed by atoms with Crippen LogP contribution in [0.5, 0.6) is 0 Å². The van der Waals surface area contributed by atoms with Crippen LogP contribution in [-0.4, -0.2) is 11.7 Å². The average Bonchev–Trinajstić information content (AvgIpc) is 2.25. The van der Waals surface area contributed by atoms with E-state index in [1.165, 1.54) is 6.07 Å². The average molecular weight is 219 g/mol. The van der Waals surface area contributed by atoms with Gasteiger partial charge in [-0.3, -0.25) is 10.8 Å². The highest BCUT2D eigenvalue weighted by molar-refractivity contribution is 5.96. The molecule has 1 rings (SSSR count). The van der Waals surface area contributed by atoms with Crippen LogP contribution in [0, 0.1) is 10.9 Å². The van der Waals surface area contributed by atoms with Gasteiger partial charge in [-0.05, 0) is 25.1 Å². The summed E-state index contributed by atoms with van der Waals surface area (Å²) in [5, 5.41) is 14.4. The van der Waals surface area contributed by atoms with Gasteiger partial charge >= 0.3 is 0 Å². The zero-order valence-corrected chi connectivity index (χ0v) is 8.78. The first-order valence-electron chi connectivity index (χ1n) is 4.46. The molecule has 0 fully saturated rings. The van der Waals surface area contributed by atoms with Gasteiger partial charge in [0, 0.05) is 5.56 Å². The van der Waals surface area contributed by atoms with E-state index >= 15 is 0 Å². The van der Waals surface area contributed by atoms with Crippen molar-refractivity contribution in [3.8, 4) is 0 Å². The monoisotopic (exact) mass is 219 g/mol. The van der Waals surface area contributed by atoms with Gasteiger partial charge in [0.25, 0.3) is 0 Å². The van der Waals surface area contributed by atoms with Crippen LogP contribution in [-0.2, 0) is 0 Å². The Morgan fingerprint density at radius 1 is 1.38 bits per heavy atom. The molecule has 0 bridgehead atoms. The third-order valence-electron chi connectivity index (χ3n) is 1.78. The molecule has 7 heteroatoms. The fraction of sp³-hybridized carbons (Fsp3) is 0.111. The molecule has 0 radical (unpaired) electrons. The first-order chi connectivity index (χ1) is 7.54. The number of benzene rings is 1. The van der Waals surface area contributed by atoms with Gasteiger partial charge in [0.15, 0.2) is 0 Å². The number of hydrogen-bond acceptors (Lipinski definition) is 5. The van der Waals surface area contributed by atoms with Crippen LogP contribution < -0.4 is 16.9 Å². The molecule has 0 aliphatic heterocycles. The molecule has 0 amide bonds. The molecule has 0 spiro atoms. The van der Waals surface area contributed by atoms with Crippen molar-refractivity contribution >= 4 is 23.0 Å². The third kappa shape index (κ3) is 2.77. The highest BCUT2D eigenvalue weighted by atomic mass is 15.3. The lowest BCUT2D eigenvalue weighted by Gasteiger charge is -2.06. The van der Waals surface area contributed by atoms with Gasteiger partial charge in [0.1, 0.15) is 17.4 Å². The summed E-state index contributed by atoms with van der Waals surface area (Å²) in [6.45, 7) is 1.63. The molecule has 84 valence electrons. The molecule has 7 N–H and O–H groups in total. The molecule has 0 aromatic heterocycles. The van der Waals surface area contributed by atoms with Gasteiger partial charge in [-0.15, -0.1) is 0 Å². The summed E-state index contributed by atoms with van der Waals surface area (Å²) in [4.78, 5) is 0. The lowest BCUT2D eigenvalue weighted by atomic mass is 10.1. The van der Waals surface area contributed by atoms with E-state index in [0.717, 1.165) is 0 Å². The SMILES string of the molecule is CC(N)=NNc1ccc(C(=N)N)cc1N=N. The molecule has 0 unspecified atom stereocenters. The summed E-state index contributed by atoms with van der Waals surface area (Å²) >= 11 is 0. The van der Waals surface area contributed by atoms with Crippen molar-refractivity contribution in [1.82, 2.24) is 0 Å². The number of hydrazone groups is 1. The zero-order valence-electron chi connectivity index (χ0n) is 8.78. The maximum Gasteiger partial charge on any atom is 0.122 e. The lowest BCUT2D eigenvalue weighted by molar-refractivity contribution is 1.14. The number of nitrogens with two attached hydrogens (primary N) is 2. The van der Waals surface area contributed by atoms with Crippen LogP contribution in [0.3, 0.4) is 0 Å². The molecule has 0 saturated carbocycles. The van der Waals surface area contributed by atoms with Crippen molar-refractivity contribution in [1.29, 1.82) is 10.9 Å². The summed E-state index contributed by atoms with van der Waals surface area (Å²) < 4.78 is 0. The largest absolute Gasteiger partial charge is 0.386 e. The van der Waals surface area contributed by atoms with Crippen molar-refractivity contribution in [3.63, 3.8) is 0 Å². The van der Waals surface area contributed by atoms with Crippen molar-refractivity contribution in [2.24, 2.45) is 21.7 Å². The highest BCUT2D eigenvalue weighted by Gasteiger charge is 2.04. The van der Waals surface area contributed by atoms with E-state index in [4.69, 9.17) is 22.4 Å². The summed E-state index contributed by atoms with van der Waals surface area (Å²) in [5.41, 5.74) is 21.7. The van der Waals surface area contributed by atoms with E-state index in [9.17, 15) is 0 Å². The lowest BCUT2D eigenvalue weighted by Crippen LogP contribution is -2.11. The maximum absolute atomic E-state index is 7.25. The minimum absolute atomic E-state index is 0.0741. The van der Waals surface area contributed by atoms with Crippen molar-refractivity contribution in [2.75, 3.05) is 5.43 Å². The van der Waals surface area contributed by atoms with Crippen molar-refractivity contribution < 1.29 is 0 Å². The Labute approximate surface area is 92.5 Å².